The lowest BCUT2D eigenvalue weighted by molar-refractivity contribution is 0.0661. The van der Waals surface area contributed by atoms with Gasteiger partial charge in [0.25, 0.3) is 0 Å². The molecule has 0 spiro atoms. The number of hydrogen-bond acceptors (Lipinski definition) is 5. The fourth-order valence-corrected chi connectivity index (χ4v) is 4.22. The second kappa shape index (κ2) is 6.70. The summed E-state index contributed by atoms with van der Waals surface area (Å²) in [7, 11) is -3.90. The van der Waals surface area contributed by atoms with Crippen LogP contribution in [0.1, 0.15) is 30.8 Å². The van der Waals surface area contributed by atoms with Crippen LogP contribution in [0.3, 0.4) is 0 Å². The lowest BCUT2D eigenvalue weighted by Gasteiger charge is -2.25. The minimum absolute atomic E-state index is 0.133. The Bertz CT molecular complexity index is 580. The van der Waals surface area contributed by atoms with Gasteiger partial charge in [-0.05, 0) is 36.2 Å². The first-order valence-electron chi connectivity index (χ1n) is 5.87. The van der Waals surface area contributed by atoms with Crippen molar-refractivity contribution in [3.8, 4) is 0 Å². The summed E-state index contributed by atoms with van der Waals surface area (Å²) in [5.41, 5.74) is 0. The molecule has 20 heavy (non-hydrogen) atoms. The van der Waals surface area contributed by atoms with Gasteiger partial charge < -0.3 is 14.6 Å². The minimum atomic E-state index is -3.90. The molecule has 0 fully saturated rings. The summed E-state index contributed by atoms with van der Waals surface area (Å²) in [6.07, 6.45) is 0.290. The average Bonchev–Trinajstić information content (AvgIpc) is 2.72. The van der Waals surface area contributed by atoms with E-state index in [1.165, 1.54) is 4.31 Å². The molecule has 0 bridgehead atoms. The van der Waals surface area contributed by atoms with Gasteiger partial charge in [-0.3, -0.25) is 0 Å². The Hall–Kier alpha value is -0.900. The van der Waals surface area contributed by atoms with Gasteiger partial charge in [-0.2, -0.15) is 4.31 Å². The Labute approximate surface area is 125 Å². The number of carbonyl (C=O) groups is 1. The molecule has 1 aromatic rings. The zero-order valence-corrected chi connectivity index (χ0v) is 13.4. The molecule has 0 saturated carbocycles. The van der Waals surface area contributed by atoms with Crippen LogP contribution in [0.15, 0.2) is 20.0 Å². The van der Waals surface area contributed by atoms with E-state index in [2.05, 4.69) is 15.9 Å². The molecule has 0 amide bonds. The summed E-state index contributed by atoms with van der Waals surface area (Å²) in [4.78, 5) is 10.6. The number of halogens is 1. The van der Waals surface area contributed by atoms with Gasteiger partial charge in [-0.1, -0.05) is 0 Å². The number of aliphatic hydroxyl groups excluding tert-OH is 1. The van der Waals surface area contributed by atoms with Crippen molar-refractivity contribution in [3.05, 3.63) is 16.5 Å². The first-order chi connectivity index (χ1) is 9.21. The molecule has 0 aliphatic heterocycles. The van der Waals surface area contributed by atoms with Gasteiger partial charge in [-0.25, -0.2) is 13.2 Å². The Balaban J connectivity index is 3.22. The summed E-state index contributed by atoms with van der Waals surface area (Å²) < 4.78 is 30.9. The monoisotopic (exact) mass is 369 g/mol. The van der Waals surface area contributed by atoms with Gasteiger partial charge >= 0.3 is 5.97 Å². The number of hydrogen-bond donors (Lipinski definition) is 2. The van der Waals surface area contributed by atoms with Gasteiger partial charge in [0.05, 0.1) is 0 Å². The maximum absolute atomic E-state index is 12.5. The topological polar surface area (TPSA) is 108 Å². The van der Waals surface area contributed by atoms with E-state index in [1.807, 2.05) is 0 Å². The van der Waals surface area contributed by atoms with Crippen molar-refractivity contribution in [1.82, 2.24) is 4.31 Å². The second-order valence-corrected chi connectivity index (χ2v) is 6.92. The van der Waals surface area contributed by atoms with E-state index in [0.29, 0.717) is 6.42 Å². The highest BCUT2D eigenvalue weighted by molar-refractivity contribution is 9.10. The summed E-state index contributed by atoms with van der Waals surface area (Å²) in [6.45, 7) is 3.39. The number of aromatic carboxylic acids is 1. The molecule has 2 N–H and O–H groups in total. The summed E-state index contributed by atoms with van der Waals surface area (Å²) >= 11 is 2.92. The second-order valence-electron chi connectivity index (χ2n) is 4.34. The first-order valence-corrected chi connectivity index (χ1v) is 8.10. The molecule has 0 saturated heterocycles. The highest BCUT2D eigenvalue weighted by Crippen LogP contribution is 2.29. The van der Waals surface area contributed by atoms with Crippen molar-refractivity contribution in [2.75, 3.05) is 13.2 Å². The quantitative estimate of drug-likeness (QED) is 0.754. The van der Waals surface area contributed by atoms with Crippen molar-refractivity contribution >= 4 is 31.9 Å². The van der Waals surface area contributed by atoms with E-state index < -0.39 is 21.8 Å². The van der Waals surface area contributed by atoms with Crippen molar-refractivity contribution in [2.24, 2.45) is 0 Å². The molecule has 1 heterocycles. The van der Waals surface area contributed by atoms with Crippen molar-refractivity contribution in [2.45, 2.75) is 31.2 Å². The van der Waals surface area contributed by atoms with Crippen molar-refractivity contribution in [3.63, 3.8) is 0 Å². The van der Waals surface area contributed by atoms with Crippen molar-refractivity contribution < 1.29 is 27.8 Å². The fourth-order valence-electron chi connectivity index (χ4n) is 1.64. The molecule has 0 radical (unpaired) electrons. The number of rotatable bonds is 7. The van der Waals surface area contributed by atoms with E-state index >= 15 is 0 Å². The first kappa shape index (κ1) is 17.2. The molecule has 0 aromatic carbocycles. The molecule has 0 atom stereocenters. The van der Waals surface area contributed by atoms with Gasteiger partial charge in [0.1, 0.15) is 4.90 Å². The Morgan fingerprint density at radius 1 is 1.50 bits per heavy atom. The third-order valence-electron chi connectivity index (χ3n) is 2.57. The van der Waals surface area contributed by atoms with Crippen LogP contribution in [-0.2, 0) is 10.0 Å². The number of aliphatic hydroxyl groups is 1. The summed E-state index contributed by atoms with van der Waals surface area (Å²) in [6, 6.07) is 0.637. The zero-order valence-electron chi connectivity index (χ0n) is 11.0. The van der Waals surface area contributed by atoms with Crippen LogP contribution in [-0.4, -0.2) is 48.1 Å². The molecule has 114 valence electrons. The van der Waals surface area contributed by atoms with E-state index in [-0.39, 0.29) is 28.8 Å². The van der Waals surface area contributed by atoms with Crippen LogP contribution in [0.25, 0.3) is 0 Å². The van der Waals surface area contributed by atoms with Gasteiger partial charge in [0.15, 0.2) is 4.67 Å². The third kappa shape index (κ3) is 3.60. The molecular weight excluding hydrogens is 354 g/mol. The number of carboxylic acid groups (broad SMARTS) is 1. The highest BCUT2D eigenvalue weighted by atomic mass is 79.9. The third-order valence-corrected chi connectivity index (χ3v) is 5.50. The van der Waals surface area contributed by atoms with Crippen LogP contribution in [0, 0.1) is 0 Å². The standard InChI is InChI=1S/C11H16BrNO6S/c1-7(2)13(4-3-5-14)20(17,18)9-6-8(11(15)16)19-10(9)12/h6-7,14H,3-5H2,1-2H3,(H,15,16). The number of carboxylic acids is 1. The smallest absolute Gasteiger partial charge is 0.371 e. The number of furan rings is 1. The molecule has 0 unspecified atom stereocenters. The van der Waals surface area contributed by atoms with E-state index in [9.17, 15) is 13.2 Å². The Kier molecular flexibility index (Phi) is 5.75. The van der Waals surface area contributed by atoms with Crippen LogP contribution < -0.4 is 0 Å². The number of sulfonamides is 1. The predicted octanol–water partition coefficient (Wildman–Crippen LogP) is 1.52. The van der Waals surface area contributed by atoms with Crippen LogP contribution in [0.2, 0.25) is 0 Å². The largest absolute Gasteiger partial charge is 0.475 e. The molecule has 1 aromatic heterocycles. The average molecular weight is 370 g/mol. The maximum Gasteiger partial charge on any atom is 0.371 e. The SMILES string of the molecule is CC(C)N(CCCO)S(=O)(=O)c1cc(C(=O)O)oc1Br. The highest BCUT2D eigenvalue weighted by Gasteiger charge is 2.32. The van der Waals surface area contributed by atoms with Crippen LogP contribution >= 0.6 is 15.9 Å². The summed E-state index contributed by atoms with van der Waals surface area (Å²) in [5.74, 6) is -1.81. The maximum atomic E-state index is 12.5. The predicted molar refractivity (Wildman–Crippen MR) is 74.1 cm³/mol. The molecule has 0 aliphatic rings. The van der Waals surface area contributed by atoms with E-state index in [4.69, 9.17) is 14.6 Å². The van der Waals surface area contributed by atoms with E-state index in [0.717, 1.165) is 6.07 Å². The minimum Gasteiger partial charge on any atom is -0.475 e. The zero-order chi connectivity index (χ0) is 15.5. The lowest BCUT2D eigenvalue weighted by atomic mass is 10.3. The summed E-state index contributed by atoms with van der Waals surface area (Å²) in [5, 5.41) is 17.7. The van der Waals surface area contributed by atoms with Gasteiger partial charge in [0.2, 0.25) is 15.8 Å². The molecular formula is C11H16BrNO6S. The number of nitrogens with zero attached hydrogens (tertiary/aromatic N) is 1. The Morgan fingerprint density at radius 3 is 2.50 bits per heavy atom. The molecule has 9 heteroatoms. The van der Waals surface area contributed by atoms with Crippen LogP contribution in [0.4, 0.5) is 0 Å². The normalized spacial score (nSPS) is 12.3. The van der Waals surface area contributed by atoms with Crippen LogP contribution in [0.5, 0.6) is 0 Å². The van der Waals surface area contributed by atoms with E-state index in [1.54, 1.807) is 13.8 Å². The van der Waals surface area contributed by atoms with Gasteiger partial charge in [0, 0.05) is 25.3 Å². The molecule has 0 aliphatic carbocycles. The molecule has 7 nitrogen and oxygen atoms in total. The lowest BCUT2D eigenvalue weighted by Crippen LogP contribution is -2.38. The Morgan fingerprint density at radius 2 is 2.10 bits per heavy atom. The van der Waals surface area contributed by atoms with Gasteiger partial charge in [-0.15, -0.1) is 0 Å². The molecule has 1 rings (SSSR count). The fraction of sp³-hybridized carbons (Fsp3) is 0.545. The van der Waals surface area contributed by atoms with Crippen molar-refractivity contribution in [1.29, 1.82) is 0 Å².